The van der Waals surface area contributed by atoms with Gasteiger partial charge in [-0.15, -0.1) is 0 Å². The molecule has 0 aromatic heterocycles. The fourth-order valence-corrected chi connectivity index (χ4v) is 1.51. The number of hydrogen-bond donors (Lipinski definition) is 3. The summed E-state index contributed by atoms with van der Waals surface area (Å²) in [5, 5.41) is 28.7. The molecule has 0 saturated carbocycles. The maximum Gasteiger partial charge on any atom is 0.126 e. The van der Waals surface area contributed by atoms with E-state index in [0.717, 1.165) is 0 Å². The lowest BCUT2D eigenvalue weighted by Crippen LogP contribution is -1.77. The van der Waals surface area contributed by atoms with Gasteiger partial charge in [-0.1, -0.05) is 30.3 Å². The van der Waals surface area contributed by atoms with Crippen molar-refractivity contribution in [3.63, 3.8) is 0 Å². The Kier molecular flexibility index (Phi) is 3.01. The molecule has 0 bridgehead atoms. The predicted molar refractivity (Wildman–Crippen MR) is 66.8 cm³/mol. The van der Waals surface area contributed by atoms with Gasteiger partial charge in [0, 0.05) is 5.56 Å². The Morgan fingerprint density at radius 3 is 1.88 bits per heavy atom. The number of rotatable bonds is 2. The van der Waals surface area contributed by atoms with Crippen molar-refractivity contribution in [2.24, 2.45) is 0 Å². The first-order valence-corrected chi connectivity index (χ1v) is 5.15. The van der Waals surface area contributed by atoms with Crippen LogP contribution in [0.25, 0.3) is 12.2 Å². The lowest BCUT2D eigenvalue weighted by molar-refractivity contribution is 0.448. The van der Waals surface area contributed by atoms with Crippen molar-refractivity contribution in [2.45, 2.75) is 0 Å². The molecule has 2 aromatic rings. The van der Waals surface area contributed by atoms with Gasteiger partial charge in [0.15, 0.2) is 0 Å². The zero-order chi connectivity index (χ0) is 12.3. The van der Waals surface area contributed by atoms with Crippen LogP contribution in [0.3, 0.4) is 0 Å². The van der Waals surface area contributed by atoms with E-state index >= 15 is 0 Å². The average Bonchev–Trinajstić information content (AvgIpc) is 2.30. The van der Waals surface area contributed by atoms with E-state index in [1.54, 1.807) is 42.5 Å². The quantitative estimate of drug-likeness (QED) is 0.692. The fraction of sp³-hybridized carbons (Fsp3) is 0. The van der Waals surface area contributed by atoms with Crippen LogP contribution >= 0.6 is 0 Å². The summed E-state index contributed by atoms with van der Waals surface area (Å²) in [5.41, 5.74) is 0.950. The van der Waals surface area contributed by atoms with Crippen LogP contribution in [0.4, 0.5) is 0 Å². The van der Waals surface area contributed by atoms with Gasteiger partial charge in [-0.3, -0.25) is 0 Å². The van der Waals surface area contributed by atoms with Crippen LogP contribution in [0.5, 0.6) is 17.2 Å². The SMILES string of the molecule is Oc1ccccc1/C=C/c1c(O)cccc1O. The molecule has 0 spiro atoms. The van der Waals surface area contributed by atoms with Crippen LogP contribution in [0, 0.1) is 0 Å². The molecule has 0 amide bonds. The monoisotopic (exact) mass is 228 g/mol. The van der Waals surface area contributed by atoms with Crippen molar-refractivity contribution in [1.29, 1.82) is 0 Å². The first-order chi connectivity index (χ1) is 8.18. The molecule has 2 aromatic carbocycles. The number of phenolic OH excluding ortho intramolecular Hbond substituents is 3. The predicted octanol–water partition coefficient (Wildman–Crippen LogP) is 2.97. The number of phenols is 3. The normalized spacial score (nSPS) is 10.8. The van der Waals surface area contributed by atoms with E-state index in [1.807, 2.05) is 0 Å². The molecule has 0 unspecified atom stereocenters. The molecule has 0 heterocycles. The summed E-state index contributed by atoms with van der Waals surface area (Å²) in [7, 11) is 0. The summed E-state index contributed by atoms with van der Waals surface area (Å²) in [6.07, 6.45) is 3.18. The number of para-hydroxylation sites is 1. The molecular formula is C14H12O3. The third-order valence-corrected chi connectivity index (χ3v) is 2.43. The topological polar surface area (TPSA) is 60.7 Å². The summed E-state index contributed by atoms with van der Waals surface area (Å²) < 4.78 is 0. The zero-order valence-electron chi connectivity index (χ0n) is 9.04. The standard InChI is InChI=1S/C14H12O3/c15-12-5-2-1-4-10(12)8-9-11-13(16)6-3-7-14(11)17/h1-9,15-17H/b9-8+. The minimum Gasteiger partial charge on any atom is -0.507 e. The van der Waals surface area contributed by atoms with E-state index in [4.69, 9.17) is 0 Å². The van der Waals surface area contributed by atoms with Gasteiger partial charge < -0.3 is 15.3 Å². The van der Waals surface area contributed by atoms with E-state index in [9.17, 15) is 15.3 Å². The maximum absolute atomic E-state index is 9.56. The Labute approximate surface area is 98.9 Å². The molecule has 3 nitrogen and oxygen atoms in total. The third kappa shape index (κ3) is 2.39. The molecule has 0 atom stereocenters. The lowest BCUT2D eigenvalue weighted by atomic mass is 10.1. The Hall–Kier alpha value is -2.42. The average molecular weight is 228 g/mol. The first kappa shape index (κ1) is 11.1. The Morgan fingerprint density at radius 2 is 1.24 bits per heavy atom. The van der Waals surface area contributed by atoms with Gasteiger partial charge in [0.25, 0.3) is 0 Å². The zero-order valence-corrected chi connectivity index (χ0v) is 9.04. The van der Waals surface area contributed by atoms with Crippen molar-refractivity contribution in [3.8, 4) is 17.2 Å². The first-order valence-electron chi connectivity index (χ1n) is 5.15. The highest BCUT2D eigenvalue weighted by Crippen LogP contribution is 2.29. The van der Waals surface area contributed by atoms with E-state index in [2.05, 4.69) is 0 Å². The Balaban J connectivity index is 2.36. The van der Waals surface area contributed by atoms with Crippen molar-refractivity contribution in [3.05, 3.63) is 53.6 Å². The van der Waals surface area contributed by atoms with E-state index < -0.39 is 0 Å². The Bertz CT molecular complexity index is 539. The molecule has 3 heteroatoms. The smallest absolute Gasteiger partial charge is 0.126 e. The van der Waals surface area contributed by atoms with Crippen molar-refractivity contribution < 1.29 is 15.3 Å². The van der Waals surface area contributed by atoms with Gasteiger partial charge in [-0.2, -0.15) is 0 Å². The van der Waals surface area contributed by atoms with Crippen molar-refractivity contribution >= 4 is 12.2 Å². The van der Waals surface area contributed by atoms with Crippen LogP contribution in [0.2, 0.25) is 0 Å². The van der Waals surface area contributed by atoms with Crippen molar-refractivity contribution in [1.82, 2.24) is 0 Å². The number of aromatic hydroxyl groups is 3. The van der Waals surface area contributed by atoms with Gasteiger partial charge in [0.1, 0.15) is 17.2 Å². The van der Waals surface area contributed by atoms with Gasteiger partial charge in [0.2, 0.25) is 0 Å². The number of benzene rings is 2. The summed E-state index contributed by atoms with van der Waals surface area (Å²) in [5.74, 6) is 0.145. The molecule has 0 saturated heterocycles. The van der Waals surface area contributed by atoms with Gasteiger partial charge in [-0.05, 0) is 24.3 Å². The van der Waals surface area contributed by atoms with E-state index in [0.29, 0.717) is 11.1 Å². The summed E-state index contributed by atoms with van der Waals surface area (Å²) in [6, 6.07) is 11.4. The highest BCUT2D eigenvalue weighted by Gasteiger charge is 2.03. The van der Waals surface area contributed by atoms with Gasteiger partial charge in [0.05, 0.1) is 5.56 Å². The molecule has 86 valence electrons. The van der Waals surface area contributed by atoms with Crippen molar-refractivity contribution in [2.75, 3.05) is 0 Å². The second-order valence-electron chi connectivity index (χ2n) is 3.60. The van der Waals surface area contributed by atoms with E-state index in [1.165, 1.54) is 12.1 Å². The molecule has 0 radical (unpaired) electrons. The molecule has 0 fully saturated rings. The molecular weight excluding hydrogens is 216 g/mol. The molecule has 0 aliphatic carbocycles. The lowest BCUT2D eigenvalue weighted by Gasteiger charge is -2.02. The second kappa shape index (κ2) is 4.61. The van der Waals surface area contributed by atoms with Crippen LogP contribution in [0.15, 0.2) is 42.5 Å². The van der Waals surface area contributed by atoms with E-state index in [-0.39, 0.29) is 17.2 Å². The highest BCUT2D eigenvalue weighted by atomic mass is 16.3. The van der Waals surface area contributed by atoms with Crippen LogP contribution in [0.1, 0.15) is 11.1 Å². The fourth-order valence-electron chi connectivity index (χ4n) is 1.51. The molecule has 0 aliphatic heterocycles. The Morgan fingerprint density at radius 1 is 0.647 bits per heavy atom. The molecule has 3 N–H and O–H groups in total. The molecule has 2 rings (SSSR count). The minimum absolute atomic E-state index is 0.00308. The summed E-state index contributed by atoms with van der Waals surface area (Å²) in [6.45, 7) is 0. The van der Waals surface area contributed by atoms with Crippen LogP contribution in [-0.4, -0.2) is 15.3 Å². The van der Waals surface area contributed by atoms with Gasteiger partial charge >= 0.3 is 0 Å². The summed E-state index contributed by atoms with van der Waals surface area (Å²) in [4.78, 5) is 0. The van der Waals surface area contributed by atoms with Crippen LogP contribution < -0.4 is 0 Å². The maximum atomic E-state index is 9.56. The number of hydrogen-bond acceptors (Lipinski definition) is 3. The molecule has 17 heavy (non-hydrogen) atoms. The van der Waals surface area contributed by atoms with Crippen LogP contribution in [-0.2, 0) is 0 Å². The van der Waals surface area contributed by atoms with Gasteiger partial charge in [-0.25, -0.2) is 0 Å². The molecule has 0 aliphatic rings. The summed E-state index contributed by atoms with van der Waals surface area (Å²) >= 11 is 0. The third-order valence-electron chi connectivity index (χ3n) is 2.43. The highest BCUT2D eigenvalue weighted by molar-refractivity contribution is 5.77. The largest absolute Gasteiger partial charge is 0.507 e. The second-order valence-corrected chi connectivity index (χ2v) is 3.60. The minimum atomic E-state index is -0.00308.